The van der Waals surface area contributed by atoms with Crippen LogP contribution in [0.2, 0.25) is 5.15 Å². The van der Waals surface area contributed by atoms with Gasteiger partial charge in [0, 0.05) is 4.88 Å². The van der Waals surface area contributed by atoms with E-state index >= 15 is 0 Å². The van der Waals surface area contributed by atoms with Crippen molar-refractivity contribution in [2.24, 2.45) is 0 Å². The largest absolute Gasteiger partial charge is 0.372 e. The Hall–Kier alpha value is -1.49. The van der Waals surface area contributed by atoms with Crippen molar-refractivity contribution < 1.29 is 4.74 Å². The molecule has 0 saturated carbocycles. The molecule has 2 aromatic heterocycles. The Morgan fingerprint density at radius 1 is 1.11 bits per heavy atom. The summed E-state index contributed by atoms with van der Waals surface area (Å²) in [7, 11) is 0. The van der Waals surface area contributed by atoms with Gasteiger partial charge in [-0.25, -0.2) is 9.97 Å². The zero-order chi connectivity index (χ0) is 12.8. The van der Waals surface area contributed by atoms with Crippen LogP contribution >= 0.6 is 22.9 Å². The van der Waals surface area contributed by atoms with Crippen molar-refractivity contribution >= 4 is 33.2 Å². The Morgan fingerprint density at radius 2 is 2.00 bits per heavy atom. The second kappa shape index (κ2) is 4.27. The molecule has 3 aromatic rings. The number of hydrogen-bond acceptors (Lipinski definition) is 4. The molecule has 0 spiro atoms. The van der Waals surface area contributed by atoms with Gasteiger partial charge < -0.3 is 4.74 Å². The summed E-state index contributed by atoms with van der Waals surface area (Å²) in [5.41, 5.74) is 4.63. The van der Waals surface area contributed by atoms with E-state index in [1.54, 1.807) is 11.3 Å². The third kappa shape index (κ3) is 1.84. The van der Waals surface area contributed by atoms with Crippen molar-refractivity contribution in [1.82, 2.24) is 9.97 Å². The fraction of sp³-hybridized carbons (Fsp3) is 0.143. The van der Waals surface area contributed by atoms with Crippen LogP contribution in [0.4, 0.5) is 0 Å². The van der Waals surface area contributed by atoms with Crippen molar-refractivity contribution in [3.05, 3.63) is 46.9 Å². The molecule has 0 atom stereocenters. The van der Waals surface area contributed by atoms with Crippen LogP contribution in [-0.4, -0.2) is 9.97 Å². The summed E-state index contributed by atoms with van der Waals surface area (Å²) in [6, 6.07) is 8.51. The van der Waals surface area contributed by atoms with Crippen LogP contribution in [-0.2, 0) is 18.0 Å². The molecule has 1 aliphatic rings. The zero-order valence-corrected chi connectivity index (χ0v) is 11.5. The van der Waals surface area contributed by atoms with Crippen LogP contribution in [0.25, 0.3) is 20.7 Å². The highest BCUT2D eigenvalue weighted by Crippen LogP contribution is 2.36. The van der Waals surface area contributed by atoms with E-state index in [0.717, 1.165) is 21.7 Å². The van der Waals surface area contributed by atoms with Gasteiger partial charge in [-0.05, 0) is 28.8 Å². The summed E-state index contributed by atoms with van der Waals surface area (Å²) in [6.07, 6.45) is 1.50. The maximum Gasteiger partial charge on any atom is 0.150 e. The van der Waals surface area contributed by atoms with Gasteiger partial charge in [0.05, 0.1) is 23.4 Å². The number of fused-ring (bicyclic) bond motifs is 2. The highest BCUT2D eigenvalue weighted by Gasteiger charge is 2.14. The molecular weight excluding hydrogens is 280 g/mol. The van der Waals surface area contributed by atoms with E-state index in [2.05, 4.69) is 34.2 Å². The molecule has 0 aliphatic carbocycles. The SMILES string of the molecule is Clc1ncnc2cc(-c3ccc4c(c3)COC4)sc12. The van der Waals surface area contributed by atoms with E-state index < -0.39 is 0 Å². The summed E-state index contributed by atoms with van der Waals surface area (Å²) in [5.74, 6) is 0. The van der Waals surface area contributed by atoms with Gasteiger partial charge in [-0.1, -0.05) is 23.7 Å². The van der Waals surface area contributed by atoms with Gasteiger partial charge in [0.25, 0.3) is 0 Å². The quantitative estimate of drug-likeness (QED) is 0.634. The summed E-state index contributed by atoms with van der Waals surface area (Å²) in [4.78, 5) is 9.43. The minimum Gasteiger partial charge on any atom is -0.372 e. The molecule has 5 heteroatoms. The molecule has 0 fully saturated rings. The number of thiophene rings is 1. The third-order valence-corrected chi connectivity index (χ3v) is 4.85. The molecule has 0 unspecified atom stereocenters. The van der Waals surface area contributed by atoms with Gasteiger partial charge in [-0.3, -0.25) is 0 Å². The lowest BCUT2D eigenvalue weighted by molar-refractivity contribution is 0.134. The van der Waals surface area contributed by atoms with E-state index in [4.69, 9.17) is 16.3 Å². The number of hydrogen-bond donors (Lipinski definition) is 0. The lowest BCUT2D eigenvalue weighted by Crippen LogP contribution is -1.82. The van der Waals surface area contributed by atoms with Gasteiger partial charge in [0.2, 0.25) is 0 Å². The average molecular weight is 289 g/mol. The van der Waals surface area contributed by atoms with Crippen LogP contribution in [0.3, 0.4) is 0 Å². The lowest BCUT2D eigenvalue weighted by atomic mass is 10.1. The van der Waals surface area contributed by atoms with E-state index in [9.17, 15) is 0 Å². The van der Waals surface area contributed by atoms with Crippen LogP contribution in [0.5, 0.6) is 0 Å². The minimum atomic E-state index is 0.519. The van der Waals surface area contributed by atoms with E-state index in [-0.39, 0.29) is 0 Å². The van der Waals surface area contributed by atoms with Gasteiger partial charge in [0.1, 0.15) is 11.5 Å². The number of aromatic nitrogens is 2. The fourth-order valence-electron chi connectivity index (χ4n) is 2.29. The first kappa shape index (κ1) is 11.3. The monoisotopic (exact) mass is 288 g/mol. The highest BCUT2D eigenvalue weighted by atomic mass is 35.5. The van der Waals surface area contributed by atoms with Crippen molar-refractivity contribution in [3.63, 3.8) is 0 Å². The molecule has 3 heterocycles. The van der Waals surface area contributed by atoms with Gasteiger partial charge in [-0.15, -0.1) is 11.3 Å². The molecule has 94 valence electrons. The highest BCUT2D eigenvalue weighted by molar-refractivity contribution is 7.22. The fourth-order valence-corrected chi connectivity index (χ4v) is 3.54. The van der Waals surface area contributed by atoms with Crippen LogP contribution < -0.4 is 0 Å². The van der Waals surface area contributed by atoms with Crippen LogP contribution in [0.1, 0.15) is 11.1 Å². The molecule has 19 heavy (non-hydrogen) atoms. The maximum absolute atomic E-state index is 6.09. The van der Waals surface area contributed by atoms with Crippen molar-refractivity contribution in [2.75, 3.05) is 0 Å². The molecule has 1 aromatic carbocycles. The van der Waals surface area contributed by atoms with Crippen molar-refractivity contribution in [1.29, 1.82) is 0 Å². The second-order valence-electron chi connectivity index (χ2n) is 4.47. The Kier molecular flexibility index (Phi) is 2.55. The number of benzene rings is 1. The summed E-state index contributed by atoms with van der Waals surface area (Å²) >= 11 is 7.72. The minimum absolute atomic E-state index is 0.519. The maximum atomic E-state index is 6.09. The summed E-state index contributed by atoms with van der Waals surface area (Å²) in [5, 5.41) is 0.519. The van der Waals surface area contributed by atoms with Crippen molar-refractivity contribution in [2.45, 2.75) is 13.2 Å². The second-order valence-corrected chi connectivity index (χ2v) is 5.88. The normalized spacial score (nSPS) is 13.9. The van der Waals surface area contributed by atoms with Crippen LogP contribution in [0, 0.1) is 0 Å². The summed E-state index contributed by atoms with van der Waals surface area (Å²) in [6.45, 7) is 1.42. The third-order valence-electron chi connectivity index (χ3n) is 3.27. The number of nitrogens with zero attached hydrogens (tertiary/aromatic N) is 2. The Balaban J connectivity index is 1.88. The molecule has 0 amide bonds. The van der Waals surface area contributed by atoms with Crippen LogP contribution in [0.15, 0.2) is 30.6 Å². The van der Waals surface area contributed by atoms with Gasteiger partial charge in [0.15, 0.2) is 0 Å². The first-order valence-electron chi connectivity index (χ1n) is 5.91. The molecule has 0 N–H and O–H groups in total. The smallest absolute Gasteiger partial charge is 0.150 e. The average Bonchev–Trinajstić information content (AvgIpc) is 3.04. The molecule has 4 rings (SSSR count). The molecular formula is C14H9ClN2OS. The number of rotatable bonds is 1. The Morgan fingerprint density at radius 3 is 2.89 bits per heavy atom. The van der Waals surface area contributed by atoms with E-state index in [1.165, 1.54) is 23.0 Å². The topological polar surface area (TPSA) is 35.0 Å². The Labute approximate surface area is 118 Å². The van der Waals surface area contributed by atoms with E-state index in [1.807, 2.05) is 0 Å². The van der Waals surface area contributed by atoms with Crippen molar-refractivity contribution in [3.8, 4) is 10.4 Å². The molecule has 0 radical (unpaired) electrons. The molecule has 0 bridgehead atoms. The predicted octanol–water partition coefficient (Wildman–Crippen LogP) is 4.04. The molecule has 0 saturated heterocycles. The molecule has 3 nitrogen and oxygen atoms in total. The van der Waals surface area contributed by atoms with E-state index in [0.29, 0.717) is 11.8 Å². The zero-order valence-electron chi connectivity index (χ0n) is 9.89. The standard InChI is InChI=1S/C14H9ClN2OS/c15-14-13-11(16-7-17-14)4-12(19-13)8-1-2-9-5-18-6-10(9)3-8/h1-4,7H,5-6H2. The number of halogens is 1. The predicted molar refractivity (Wildman–Crippen MR) is 76.4 cm³/mol. The van der Waals surface area contributed by atoms with Gasteiger partial charge in [-0.2, -0.15) is 0 Å². The summed E-state index contributed by atoms with van der Waals surface area (Å²) < 4.78 is 6.38. The Bertz CT molecular complexity index is 784. The lowest BCUT2D eigenvalue weighted by Gasteiger charge is -2.00. The first-order valence-corrected chi connectivity index (χ1v) is 7.11. The van der Waals surface area contributed by atoms with Gasteiger partial charge >= 0.3 is 0 Å². The molecule has 1 aliphatic heterocycles. The number of ether oxygens (including phenoxy) is 1. The first-order chi connectivity index (χ1) is 9.31.